The molecule has 1 aliphatic rings. The third-order valence-electron chi connectivity index (χ3n) is 4.72. The lowest BCUT2D eigenvalue weighted by Crippen LogP contribution is -2.27. The lowest BCUT2D eigenvalue weighted by molar-refractivity contribution is -0.123. The fraction of sp³-hybridized carbons (Fsp3) is 0.0833. The average Bonchev–Trinajstić information content (AvgIpc) is 3.03. The maximum absolute atomic E-state index is 12.8. The highest BCUT2D eigenvalue weighted by molar-refractivity contribution is 14.1. The third-order valence-corrected chi connectivity index (χ3v) is 7.09. The van der Waals surface area contributed by atoms with Gasteiger partial charge in [-0.1, -0.05) is 59.6 Å². The van der Waals surface area contributed by atoms with E-state index in [4.69, 9.17) is 27.9 Å². The first-order valence-electron chi connectivity index (χ1n) is 9.56. The summed E-state index contributed by atoms with van der Waals surface area (Å²) in [5.41, 5.74) is 2.56. The molecular formula is C24H16Cl2INO3S. The fourth-order valence-corrected chi connectivity index (χ4v) is 4.90. The zero-order chi connectivity index (χ0) is 22.7. The molecule has 0 atom stereocenters. The molecule has 32 heavy (non-hydrogen) atoms. The van der Waals surface area contributed by atoms with Crippen LogP contribution in [0.4, 0.5) is 4.79 Å². The van der Waals surface area contributed by atoms with Crippen LogP contribution >= 0.6 is 57.6 Å². The molecule has 0 radical (unpaired) electrons. The van der Waals surface area contributed by atoms with Gasteiger partial charge in [-0.15, -0.1) is 0 Å². The molecule has 3 aromatic rings. The van der Waals surface area contributed by atoms with E-state index in [0.717, 1.165) is 37.8 Å². The van der Waals surface area contributed by atoms with Gasteiger partial charge >= 0.3 is 0 Å². The topological polar surface area (TPSA) is 46.6 Å². The quantitative estimate of drug-likeness (QED) is 0.220. The third kappa shape index (κ3) is 5.49. The second-order valence-electron chi connectivity index (χ2n) is 6.96. The van der Waals surface area contributed by atoms with Crippen molar-refractivity contribution in [1.82, 2.24) is 4.90 Å². The van der Waals surface area contributed by atoms with Crippen LogP contribution < -0.4 is 4.74 Å². The van der Waals surface area contributed by atoms with E-state index in [0.29, 0.717) is 21.6 Å². The Morgan fingerprint density at radius 2 is 1.75 bits per heavy atom. The van der Waals surface area contributed by atoms with Gasteiger partial charge in [0, 0.05) is 15.6 Å². The minimum Gasteiger partial charge on any atom is -0.488 e. The lowest BCUT2D eigenvalue weighted by atomic mass is 10.2. The normalized spacial score (nSPS) is 15.0. The minimum atomic E-state index is -0.302. The molecule has 0 aromatic heterocycles. The number of hydrogen-bond acceptors (Lipinski definition) is 4. The first-order valence-corrected chi connectivity index (χ1v) is 12.2. The van der Waals surface area contributed by atoms with Crippen LogP contribution in [0.3, 0.4) is 0 Å². The van der Waals surface area contributed by atoms with Crippen molar-refractivity contribution >= 4 is 74.8 Å². The Labute approximate surface area is 213 Å². The predicted octanol–water partition coefficient (Wildman–Crippen LogP) is 7.41. The molecule has 0 aliphatic carbocycles. The summed E-state index contributed by atoms with van der Waals surface area (Å²) in [5, 5.41) is 0.982. The van der Waals surface area contributed by atoms with Gasteiger partial charge in [-0.2, -0.15) is 0 Å². The first kappa shape index (κ1) is 23.2. The summed E-state index contributed by atoms with van der Waals surface area (Å²) in [4.78, 5) is 26.8. The monoisotopic (exact) mass is 595 g/mol. The van der Waals surface area contributed by atoms with Crippen molar-refractivity contribution in [2.45, 2.75) is 13.2 Å². The van der Waals surface area contributed by atoms with E-state index in [9.17, 15) is 9.59 Å². The zero-order valence-corrected chi connectivity index (χ0v) is 21.0. The average molecular weight is 596 g/mol. The van der Waals surface area contributed by atoms with Crippen LogP contribution in [0.25, 0.3) is 6.08 Å². The summed E-state index contributed by atoms with van der Waals surface area (Å²) in [6.45, 7) is 0.574. The summed E-state index contributed by atoms with van der Waals surface area (Å²) < 4.78 is 6.79. The number of ether oxygens (including phenoxy) is 1. The Hall–Kier alpha value is -2.00. The standard InChI is InChI=1S/C24H16Cl2INO3S/c25-18-8-5-15(6-9-18)13-28-23(29)22(32-24(28)30)12-16-7-10-21(20(27)11-16)31-14-17-3-1-2-4-19(17)26/h1-12H,13-14H2/b22-12-. The molecule has 2 amide bonds. The van der Waals surface area contributed by atoms with Gasteiger partial charge in [0.1, 0.15) is 12.4 Å². The van der Waals surface area contributed by atoms with Crippen molar-refractivity contribution in [2.75, 3.05) is 0 Å². The van der Waals surface area contributed by atoms with E-state index in [-0.39, 0.29) is 17.7 Å². The van der Waals surface area contributed by atoms with Crippen molar-refractivity contribution in [3.63, 3.8) is 0 Å². The van der Waals surface area contributed by atoms with Gasteiger partial charge < -0.3 is 4.74 Å². The summed E-state index contributed by atoms with van der Waals surface area (Å²) in [6.07, 6.45) is 1.73. The number of halogens is 3. The number of imide groups is 1. The molecule has 1 aliphatic heterocycles. The molecule has 0 N–H and O–H groups in total. The fourth-order valence-electron chi connectivity index (χ4n) is 3.05. The van der Waals surface area contributed by atoms with Gasteiger partial charge in [0.15, 0.2) is 0 Å². The van der Waals surface area contributed by atoms with Crippen molar-refractivity contribution in [2.24, 2.45) is 0 Å². The summed E-state index contributed by atoms with van der Waals surface area (Å²) >= 11 is 15.2. The largest absolute Gasteiger partial charge is 0.488 e. The van der Waals surface area contributed by atoms with Crippen LogP contribution in [0.5, 0.6) is 5.75 Å². The van der Waals surface area contributed by atoms with Crippen LogP contribution in [0.15, 0.2) is 71.6 Å². The summed E-state index contributed by atoms with van der Waals surface area (Å²) in [6, 6.07) is 20.2. The van der Waals surface area contributed by atoms with Crippen molar-refractivity contribution in [1.29, 1.82) is 0 Å². The van der Waals surface area contributed by atoms with E-state index in [1.807, 2.05) is 42.5 Å². The molecule has 4 rings (SSSR count). The molecule has 0 spiro atoms. The second kappa shape index (κ2) is 10.3. The van der Waals surface area contributed by atoms with Crippen LogP contribution in [-0.2, 0) is 17.9 Å². The van der Waals surface area contributed by atoms with Gasteiger partial charge in [0.2, 0.25) is 0 Å². The molecule has 1 fully saturated rings. The van der Waals surface area contributed by atoms with Crippen LogP contribution in [0, 0.1) is 3.57 Å². The smallest absolute Gasteiger partial charge is 0.293 e. The highest BCUT2D eigenvalue weighted by Gasteiger charge is 2.35. The molecule has 4 nitrogen and oxygen atoms in total. The highest BCUT2D eigenvalue weighted by atomic mass is 127. The number of benzene rings is 3. The molecule has 1 heterocycles. The van der Waals surface area contributed by atoms with Crippen molar-refractivity contribution in [3.05, 3.63) is 102 Å². The lowest BCUT2D eigenvalue weighted by Gasteiger charge is -2.12. The van der Waals surface area contributed by atoms with Gasteiger partial charge in [0.05, 0.1) is 15.0 Å². The molecule has 0 saturated carbocycles. The highest BCUT2D eigenvalue weighted by Crippen LogP contribution is 2.34. The van der Waals surface area contributed by atoms with Crippen LogP contribution in [0.1, 0.15) is 16.7 Å². The first-order chi connectivity index (χ1) is 15.4. The number of hydrogen-bond donors (Lipinski definition) is 0. The Morgan fingerprint density at radius 1 is 1.00 bits per heavy atom. The predicted molar refractivity (Wildman–Crippen MR) is 138 cm³/mol. The Bertz CT molecular complexity index is 1210. The maximum Gasteiger partial charge on any atom is 0.293 e. The molecule has 8 heteroatoms. The van der Waals surface area contributed by atoms with Gasteiger partial charge in [-0.3, -0.25) is 14.5 Å². The molecular weight excluding hydrogens is 580 g/mol. The Kier molecular flexibility index (Phi) is 7.45. The molecule has 162 valence electrons. The van der Waals surface area contributed by atoms with E-state index < -0.39 is 0 Å². The van der Waals surface area contributed by atoms with Gasteiger partial charge in [0.25, 0.3) is 11.1 Å². The van der Waals surface area contributed by atoms with Crippen molar-refractivity contribution in [3.8, 4) is 5.75 Å². The molecule has 1 saturated heterocycles. The van der Waals surface area contributed by atoms with E-state index >= 15 is 0 Å². The summed E-state index contributed by atoms with van der Waals surface area (Å²) in [7, 11) is 0. The molecule has 3 aromatic carbocycles. The number of amides is 2. The number of rotatable bonds is 6. The minimum absolute atomic E-state index is 0.214. The van der Waals surface area contributed by atoms with E-state index in [2.05, 4.69) is 22.6 Å². The number of carbonyl (C=O) groups excluding carboxylic acids is 2. The number of nitrogens with zero attached hydrogens (tertiary/aromatic N) is 1. The van der Waals surface area contributed by atoms with Gasteiger partial charge in [-0.05, 0) is 81.9 Å². The van der Waals surface area contributed by atoms with Gasteiger partial charge in [-0.25, -0.2) is 0 Å². The van der Waals surface area contributed by atoms with Crippen LogP contribution in [0.2, 0.25) is 10.0 Å². The van der Waals surface area contributed by atoms with E-state index in [1.165, 1.54) is 4.90 Å². The second-order valence-corrected chi connectivity index (χ2v) is 9.96. The Morgan fingerprint density at radius 3 is 2.47 bits per heavy atom. The molecule has 0 bridgehead atoms. The van der Waals surface area contributed by atoms with Crippen molar-refractivity contribution < 1.29 is 14.3 Å². The maximum atomic E-state index is 12.8. The Balaban J connectivity index is 1.45. The van der Waals surface area contributed by atoms with Crippen LogP contribution in [-0.4, -0.2) is 16.0 Å². The SMILES string of the molecule is O=C1S/C(=C\c2ccc(OCc3ccccc3Cl)c(I)c2)C(=O)N1Cc1ccc(Cl)cc1. The zero-order valence-electron chi connectivity index (χ0n) is 16.6. The number of carbonyl (C=O) groups is 2. The summed E-state index contributed by atoms with van der Waals surface area (Å²) in [5.74, 6) is 0.419. The molecule has 0 unspecified atom stereocenters. The van der Waals surface area contributed by atoms with E-state index in [1.54, 1.807) is 30.3 Å². The number of thioether (sulfide) groups is 1.